The van der Waals surface area contributed by atoms with Crippen LogP contribution in [0.2, 0.25) is 0 Å². The molecule has 0 saturated carbocycles. The van der Waals surface area contributed by atoms with Crippen LogP contribution in [0.15, 0.2) is 41.3 Å². The minimum Gasteiger partial charge on any atom is -0.368 e. The number of carbonyl (C=O) groups excluding carboxylic acids is 1. The molecular weight excluding hydrogens is 474 g/mol. The van der Waals surface area contributed by atoms with Gasteiger partial charge >= 0.3 is 0 Å². The van der Waals surface area contributed by atoms with Crippen molar-refractivity contribution in [1.29, 1.82) is 0 Å². The highest BCUT2D eigenvalue weighted by Gasteiger charge is 2.35. The summed E-state index contributed by atoms with van der Waals surface area (Å²) in [6.07, 6.45) is 1.04. The average Bonchev–Trinajstić information content (AvgIpc) is 3.04. The Bertz CT molecular complexity index is 1330. The monoisotopic (exact) mass is 505 g/mol. The normalized spacial score (nSPS) is 20.6. The summed E-state index contributed by atoms with van der Waals surface area (Å²) in [5.74, 6) is -0.390. The largest absolute Gasteiger partial charge is 0.368 e. The van der Waals surface area contributed by atoms with Crippen LogP contribution in [0.25, 0.3) is 0 Å². The van der Waals surface area contributed by atoms with E-state index in [0.29, 0.717) is 32.7 Å². The van der Waals surface area contributed by atoms with E-state index in [0.717, 1.165) is 11.9 Å². The number of aryl methyl sites for hydroxylation is 2. The summed E-state index contributed by atoms with van der Waals surface area (Å²) >= 11 is 0. The topological polar surface area (TPSA) is 95.1 Å². The molecule has 0 N–H and O–H groups in total. The minimum atomic E-state index is -3.76. The van der Waals surface area contributed by atoms with Crippen LogP contribution in [0.1, 0.15) is 28.4 Å². The Balaban J connectivity index is 1.57. The highest BCUT2D eigenvalue weighted by Crippen LogP contribution is 2.31. The van der Waals surface area contributed by atoms with Gasteiger partial charge in [0.15, 0.2) is 9.84 Å². The van der Waals surface area contributed by atoms with Gasteiger partial charge in [0.1, 0.15) is 0 Å². The Hall–Kier alpha value is -2.59. The molecule has 2 aromatic carbocycles. The Morgan fingerprint density at radius 3 is 2.24 bits per heavy atom. The number of benzene rings is 2. The van der Waals surface area contributed by atoms with Crippen LogP contribution in [0.5, 0.6) is 0 Å². The lowest BCUT2D eigenvalue weighted by Crippen LogP contribution is -2.49. The fourth-order valence-electron chi connectivity index (χ4n) is 4.80. The van der Waals surface area contributed by atoms with Crippen molar-refractivity contribution in [2.75, 3.05) is 53.9 Å². The van der Waals surface area contributed by atoms with E-state index in [9.17, 15) is 21.6 Å². The molecule has 1 amide bonds. The smallest absolute Gasteiger partial charge is 0.255 e. The van der Waals surface area contributed by atoms with Gasteiger partial charge in [0.2, 0.25) is 10.0 Å². The van der Waals surface area contributed by atoms with Crippen molar-refractivity contribution in [3.8, 4) is 0 Å². The lowest BCUT2D eigenvalue weighted by molar-refractivity contribution is 0.0743. The van der Waals surface area contributed by atoms with Crippen molar-refractivity contribution in [3.05, 3.63) is 53.1 Å². The first-order valence-electron chi connectivity index (χ1n) is 11.3. The quantitative estimate of drug-likeness (QED) is 0.634. The summed E-state index contributed by atoms with van der Waals surface area (Å²) in [4.78, 5) is 17.1. The second-order valence-electron chi connectivity index (χ2n) is 9.44. The van der Waals surface area contributed by atoms with Crippen molar-refractivity contribution >= 4 is 37.1 Å². The third-order valence-corrected chi connectivity index (χ3v) is 9.61. The number of piperazine rings is 1. The van der Waals surface area contributed by atoms with Gasteiger partial charge in [-0.3, -0.25) is 9.10 Å². The maximum atomic E-state index is 13.3. The summed E-state index contributed by atoms with van der Waals surface area (Å²) in [6, 6.07) is 10.6. The number of hydrogen-bond donors (Lipinski definition) is 0. The predicted molar refractivity (Wildman–Crippen MR) is 134 cm³/mol. The van der Waals surface area contributed by atoms with Gasteiger partial charge in [-0.1, -0.05) is 24.6 Å². The third kappa shape index (κ3) is 4.79. The van der Waals surface area contributed by atoms with Crippen molar-refractivity contribution in [3.63, 3.8) is 0 Å². The molecule has 2 saturated heterocycles. The number of carbonyl (C=O) groups is 1. The van der Waals surface area contributed by atoms with Crippen LogP contribution in [-0.4, -0.2) is 72.4 Å². The van der Waals surface area contributed by atoms with E-state index in [2.05, 4.69) is 36.9 Å². The second kappa shape index (κ2) is 8.88. The van der Waals surface area contributed by atoms with Gasteiger partial charge in [0.05, 0.1) is 21.9 Å². The van der Waals surface area contributed by atoms with Crippen molar-refractivity contribution < 1.29 is 21.6 Å². The maximum absolute atomic E-state index is 13.3. The third-order valence-electron chi connectivity index (χ3n) is 6.45. The highest BCUT2D eigenvalue weighted by atomic mass is 32.2. The molecule has 2 fully saturated rings. The minimum absolute atomic E-state index is 0.0205. The van der Waals surface area contributed by atoms with Crippen LogP contribution < -0.4 is 9.21 Å². The number of sulfone groups is 1. The molecule has 2 heterocycles. The van der Waals surface area contributed by atoms with E-state index in [1.165, 1.54) is 33.6 Å². The first-order valence-corrected chi connectivity index (χ1v) is 14.8. The van der Waals surface area contributed by atoms with Crippen molar-refractivity contribution in [2.24, 2.45) is 5.92 Å². The Morgan fingerprint density at radius 2 is 1.68 bits per heavy atom. The second-order valence-corrected chi connectivity index (χ2v) is 13.4. The predicted octanol–water partition coefficient (Wildman–Crippen LogP) is 2.46. The molecule has 0 unspecified atom stereocenters. The summed E-state index contributed by atoms with van der Waals surface area (Å²) in [7, 11) is -7.27. The number of rotatable bonds is 4. The zero-order valence-electron chi connectivity index (χ0n) is 20.0. The molecule has 2 aliphatic heterocycles. The van der Waals surface area contributed by atoms with Crippen LogP contribution in [0.3, 0.4) is 0 Å². The molecule has 2 aliphatic rings. The fraction of sp³-hybridized carbons (Fsp3) is 0.458. The van der Waals surface area contributed by atoms with Crippen LogP contribution in [0, 0.1) is 19.8 Å². The maximum Gasteiger partial charge on any atom is 0.255 e. The standard InChI is InChI=1S/C24H31N3O5S2/c1-17-5-8-22(19(3)13-17)25-9-11-26(12-10-25)24(28)21-7-6-20(14-23(21)33(4,29)30)27-15-18(2)16-34(27,31)32/h5-8,13-14,18H,9-12,15-16H2,1-4H3/t18-/m1/s1. The van der Waals surface area contributed by atoms with Crippen LogP contribution in [0.4, 0.5) is 11.4 Å². The molecular formula is C24H31N3O5S2. The summed E-state index contributed by atoms with van der Waals surface area (Å²) in [5, 5.41) is 0. The summed E-state index contributed by atoms with van der Waals surface area (Å²) in [5.41, 5.74) is 3.88. The molecule has 0 bridgehead atoms. The molecule has 0 aliphatic carbocycles. The lowest BCUT2D eigenvalue weighted by atomic mass is 10.1. The molecule has 1 atom stereocenters. The Labute approximate surface area is 202 Å². The van der Waals surface area contributed by atoms with E-state index in [4.69, 9.17) is 0 Å². The highest BCUT2D eigenvalue weighted by molar-refractivity contribution is 7.93. The molecule has 8 nitrogen and oxygen atoms in total. The average molecular weight is 506 g/mol. The number of amides is 1. The van der Waals surface area contributed by atoms with Gasteiger partial charge in [0.25, 0.3) is 5.91 Å². The Kier molecular flexibility index (Phi) is 6.41. The zero-order chi connectivity index (χ0) is 24.8. The van der Waals surface area contributed by atoms with Crippen LogP contribution >= 0.6 is 0 Å². The Morgan fingerprint density at radius 1 is 1.00 bits per heavy atom. The number of anilines is 2. The van der Waals surface area contributed by atoms with E-state index in [1.807, 2.05) is 6.92 Å². The van der Waals surface area contributed by atoms with Gasteiger partial charge in [-0.05, 0) is 49.6 Å². The molecule has 0 radical (unpaired) electrons. The molecule has 0 spiro atoms. The van der Waals surface area contributed by atoms with Gasteiger partial charge < -0.3 is 9.80 Å². The SMILES string of the molecule is Cc1ccc(N2CCN(C(=O)c3ccc(N4C[C@@H](C)CS4(=O)=O)cc3S(C)(=O)=O)CC2)c(C)c1. The molecule has 10 heteroatoms. The lowest BCUT2D eigenvalue weighted by Gasteiger charge is -2.37. The number of sulfonamides is 1. The molecule has 0 aromatic heterocycles. The molecule has 2 aromatic rings. The zero-order valence-corrected chi connectivity index (χ0v) is 21.6. The van der Waals surface area contributed by atoms with Gasteiger partial charge in [-0.25, -0.2) is 16.8 Å². The van der Waals surface area contributed by atoms with Crippen molar-refractivity contribution in [2.45, 2.75) is 25.7 Å². The first kappa shape index (κ1) is 24.5. The summed E-state index contributed by atoms with van der Waals surface area (Å²) in [6.45, 7) is 8.48. The molecule has 184 valence electrons. The molecule has 34 heavy (non-hydrogen) atoms. The number of hydrogen-bond acceptors (Lipinski definition) is 6. The van der Waals surface area contributed by atoms with E-state index in [-0.39, 0.29) is 33.7 Å². The summed E-state index contributed by atoms with van der Waals surface area (Å²) < 4.78 is 51.4. The fourth-order valence-corrected chi connectivity index (χ4v) is 7.61. The van der Waals surface area contributed by atoms with E-state index in [1.54, 1.807) is 4.90 Å². The van der Waals surface area contributed by atoms with Gasteiger partial charge in [-0.15, -0.1) is 0 Å². The molecule has 4 rings (SSSR count). The van der Waals surface area contributed by atoms with Crippen LogP contribution in [-0.2, 0) is 19.9 Å². The van der Waals surface area contributed by atoms with E-state index < -0.39 is 19.9 Å². The van der Waals surface area contributed by atoms with Gasteiger partial charge in [-0.2, -0.15) is 0 Å². The van der Waals surface area contributed by atoms with Crippen molar-refractivity contribution in [1.82, 2.24) is 4.90 Å². The van der Waals surface area contributed by atoms with E-state index >= 15 is 0 Å². The first-order chi connectivity index (χ1) is 15.9. The van der Waals surface area contributed by atoms with Gasteiger partial charge in [0, 0.05) is 44.7 Å². The number of nitrogens with zero attached hydrogens (tertiary/aromatic N) is 3.